The number of benzene rings is 2. The molecule has 0 aromatic heterocycles. The number of aliphatic imine (C=N–C) groups is 1. The molecule has 0 radical (unpaired) electrons. The van der Waals surface area contributed by atoms with Crippen molar-refractivity contribution in [1.29, 1.82) is 5.41 Å². The van der Waals surface area contributed by atoms with E-state index in [4.69, 9.17) is 42.8 Å². The Morgan fingerprint density at radius 3 is 2.47 bits per heavy atom. The number of carbonyl (C=O) groups is 1. The summed E-state index contributed by atoms with van der Waals surface area (Å²) < 4.78 is 16.8. The quantitative estimate of drug-likeness (QED) is 0.280. The fourth-order valence-corrected chi connectivity index (χ4v) is 6.19. The molecular formula is C27H26Cl2N4O4S. The van der Waals surface area contributed by atoms with E-state index in [1.165, 1.54) is 36.0 Å². The molecule has 11 heteroatoms. The van der Waals surface area contributed by atoms with E-state index in [0.29, 0.717) is 33.9 Å². The zero-order chi connectivity index (χ0) is 26.6. The molecule has 0 bridgehead atoms. The highest BCUT2D eigenvalue weighted by Gasteiger charge is 2.38. The van der Waals surface area contributed by atoms with Gasteiger partial charge in [0.2, 0.25) is 5.17 Å². The first-order valence-corrected chi connectivity index (χ1v) is 13.9. The maximum absolute atomic E-state index is 12.8. The Balaban J connectivity index is 1.26. The number of thioether (sulfide) groups is 1. The van der Waals surface area contributed by atoms with E-state index in [0.717, 1.165) is 17.9 Å². The van der Waals surface area contributed by atoms with Gasteiger partial charge in [-0.15, -0.1) is 0 Å². The van der Waals surface area contributed by atoms with Crippen molar-refractivity contribution in [2.75, 3.05) is 20.3 Å². The lowest BCUT2D eigenvalue weighted by atomic mass is 9.90. The average Bonchev–Trinajstić information content (AvgIpc) is 3.35. The molecule has 1 saturated carbocycles. The largest absolute Gasteiger partial charge is 0.493 e. The Morgan fingerprint density at radius 1 is 1.08 bits per heavy atom. The maximum atomic E-state index is 12.8. The number of halogens is 2. The first-order chi connectivity index (χ1) is 18.4. The Hall–Kier alpha value is -3.01. The number of ether oxygens (including phenoxy) is 3. The zero-order valence-corrected chi connectivity index (χ0v) is 23.0. The van der Waals surface area contributed by atoms with Crippen molar-refractivity contribution in [1.82, 2.24) is 5.01 Å². The lowest BCUT2D eigenvalue weighted by Gasteiger charge is -2.20. The highest BCUT2D eigenvalue weighted by atomic mass is 35.5. The van der Waals surface area contributed by atoms with E-state index in [9.17, 15) is 4.79 Å². The van der Waals surface area contributed by atoms with Gasteiger partial charge < -0.3 is 14.2 Å². The second kappa shape index (κ2) is 11.8. The van der Waals surface area contributed by atoms with Gasteiger partial charge in [-0.3, -0.25) is 10.2 Å². The van der Waals surface area contributed by atoms with E-state index in [1.54, 1.807) is 31.4 Å². The van der Waals surface area contributed by atoms with Crippen LogP contribution >= 0.6 is 35.0 Å². The number of methoxy groups -OCH3 is 1. The summed E-state index contributed by atoms with van der Waals surface area (Å²) in [4.78, 5) is 17.0. The third-order valence-electron chi connectivity index (χ3n) is 6.41. The molecule has 0 saturated heterocycles. The number of carbonyl (C=O) groups excluding carboxylic acids is 1. The lowest BCUT2D eigenvalue weighted by Crippen LogP contribution is -2.35. The molecule has 2 aromatic rings. The van der Waals surface area contributed by atoms with Crippen molar-refractivity contribution in [2.45, 2.75) is 32.1 Å². The summed E-state index contributed by atoms with van der Waals surface area (Å²) in [5.74, 6) is 1.40. The molecule has 1 amide bonds. The van der Waals surface area contributed by atoms with Gasteiger partial charge in [0.05, 0.1) is 22.7 Å². The van der Waals surface area contributed by atoms with Crippen LogP contribution < -0.4 is 14.2 Å². The van der Waals surface area contributed by atoms with Gasteiger partial charge in [0.15, 0.2) is 23.1 Å². The first kappa shape index (κ1) is 26.6. The van der Waals surface area contributed by atoms with E-state index in [-0.39, 0.29) is 34.7 Å². The fourth-order valence-electron chi connectivity index (χ4n) is 4.52. The predicted octanol–water partition coefficient (Wildman–Crippen LogP) is 6.66. The summed E-state index contributed by atoms with van der Waals surface area (Å²) in [6, 6.07) is 10.6. The third-order valence-corrected chi connectivity index (χ3v) is 8.04. The zero-order valence-electron chi connectivity index (χ0n) is 20.7. The normalized spacial score (nSPS) is 18.8. The summed E-state index contributed by atoms with van der Waals surface area (Å²) in [6.45, 7) is 0.453. The summed E-state index contributed by atoms with van der Waals surface area (Å²) in [5, 5.41) is 16.6. The minimum Gasteiger partial charge on any atom is -0.493 e. The van der Waals surface area contributed by atoms with Crippen LogP contribution in [0.4, 0.5) is 0 Å². The maximum Gasteiger partial charge on any atom is 0.283 e. The van der Waals surface area contributed by atoms with Gasteiger partial charge >= 0.3 is 0 Å². The van der Waals surface area contributed by atoms with E-state index < -0.39 is 5.91 Å². The van der Waals surface area contributed by atoms with Gasteiger partial charge in [-0.25, -0.2) is 0 Å². The van der Waals surface area contributed by atoms with Crippen molar-refractivity contribution in [3.05, 3.63) is 57.6 Å². The highest BCUT2D eigenvalue weighted by molar-refractivity contribution is 8.27. The molecule has 1 N–H and O–H groups in total. The smallest absolute Gasteiger partial charge is 0.283 e. The van der Waals surface area contributed by atoms with Crippen LogP contribution in [0.15, 0.2) is 52.1 Å². The Kier molecular flexibility index (Phi) is 8.26. The summed E-state index contributed by atoms with van der Waals surface area (Å²) in [6.07, 6.45) is 7.30. The topological polar surface area (TPSA) is 96.6 Å². The van der Waals surface area contributed by atoms with Crippen molar-refractivity contribution >= 4 is 63.0 Å². The standard InChI is InChI=1S/C27H26Cl2N4O4S/c1-35-21-9-5-6-10-22(21)36-11-12-37-23-19(28)14-16(15-20(23)29)13-18-24(30)33-27(31-25(18)34)38-26(32-33)17-7-3-2-4-8-17/h5-6,9-10,13-15,17,30H,2-4,7-8,11-12H2,1H3/b18-13-,30-24?. The number of hydrogen-bond acceptors (Lipinski definition) is 7. The molecule has 1 aliphatic carbocycles. The van der Waals surface area contributed by atoms with Gasteiger partial charge in [-0.2, -0.15) is 15.1 Å². The number of amidine groups is 2. The molecule has 3 aliphatic rings. The summed E-state index contributed by atoms with van der Waals surface area (Å²) >= 11 is 14.3. The SMILES string of the molecule is COc1ccccc1OCCOc1c(Cl)cc(/C=C2/C(=N)N3N=C(C4CCCCC4)SC3=NC2=O)cc1Cl. The van der Waals surface area contributed by atoms with Crippen LogP contribution in [-0.4, -0.2) is 47.3 Å². The monoisotopic (exact) mass is 572 g/mol. The fraction of sp³-hybridized carbons (Fsp3) is 0.333. The van der Waals surface area contributed by atoms with Gasteiger partial charge in [-0.05, 0) is 60.5 Å². The highest BCUT2D eigenvalue weighted by Crippen LogP contribution is 2.38. The second-order valence-electron chi connectivity index (χ2n) is 8.95. The molecule has 2 heterocycles. The molecule has 2 aliphatic heterocycles. The number of rotatable bonds is 8. The number of para-hydroxylation sites is 2. The minimum atomic E-state index is -0.491. The molecule has 2 aromatic carbocycles. The van der Waals surface area contributed by atoms with Crippen LogP contribution in [-0.2, 0) is 4.79 Å². The molecular weight excluding hydrogens is 547 g/mol. The Labute approximate surface area is 235 Å². The molecule has 0 unspecified atom stereocenters. The van der Waals surface area contributed by atoms with Crippen LogP contribution in [0.5, 0.6) is 17.2 Å². The van der Waals surface area contributed by atoms with E-state index in [2.05, 4.69) is 10.1 Å². The van der Waals surface area contributed by atoms with Gasteiger partial charge in [0, 0.05) is 5.92 Å². The summed E-state index contributed by atoms with van der Waals surface area (Å²) in [7, 11) is 1.58. The molecule has 0 atom stereocenters. The molecule has 5 rings (SSSR count). The number of amides is 1. The molecule has 1 fully saturated rings. The number of nitrogens with one attached hydrogen (secondary N) is 1. The third kappa shape index (κ3) is 5.70. The van der Waals surface area contributed by atoms with Crippen molar-refractivity contribution in [3.8, 4) is 17.2 Å². The number of nitrogens with zero attached hydrogens (tertiary/aromatic N) is 3. The number of hydrazone groups is 1. The van der Waals surface area contributed by atoms with Crippen molar-refractivity contribution in [3.63, 3.8) is 0 Å². The van der Waals surface area contributed by atoms with Gasteiger partial charge in [-0.1, -0.05) is 54.6 Å². The summed E-state index contributed by atoms with van der Waals surface area (Å²) in [5.41, 5.74) is 0.668. The molecule has 8 nitrogen and oxygen atoms in total. The Bertz CT molecular complexity index is 1330. The molecule has 0 spiro atoms. The van der Waals surface area contributed by atoms with Crippen LogP contribution in [0.3, 0.4) is 0 Å². The average molecular weight is 574 g/mol. The lowest BCUT2D eigenvalue weighted by molar-refractivity contribution is -0.114. The van der Waals surface area contributed by atoms with Crippen LogP contribution in [0.2, 0.25) is 10.0 Å². The minimum absolute atomic E-state index is 0.0145. The number of fused-ring (bicyclic) bond motifs is 1. The molecule has 198 valence electrons. The first-order valence-electron chi connectivity index (χ1n) is 12.3. The van der Waals surface area contributed by atoms with Crippen molar-refractivity contribution < 1.29 is 19.0 Å². The van der Waals surface area contributed by atoms with Crippen molar-refractivity contribution in [2.24, 2.45) is 16.0 Å². The van der Waals surface area contributed by atoms with Gasteiger partial charge in [0.1, 0.15) is 18.3 Å². The second-order valence-corrected chi connectivity index (χ2v) is 10.8. The molecule has 38 heavy (non-hydrogen) atoms. The van der Waals surface area contributed by atoms with Crippen LogP contribution in [0.25, 0.3) is 6.08 Å². The van der Waals surface area contributed by atoms with Crippen LogP contribution in [0, 0.1) is 11.3 Å². The number of hydrogen-bond donors (Lipinski definition) is 1. The van der Waals surface area contributed by atoms with Gasteiger partial charge in [0.25, 0.3) is 5.91 Å². The van der Waals surface area contributed by atoms with E-state index in [1.807, 2.05) is 18.2 Å². The Morgan fingerprint density at radius 2 is 1.76 bits per heavy atom. The van der Waals surface area contributed by atoms with Crippen LogP contribution in [0.1, 0.15) is 37.7 Å². The predicted molar refractivity (Wildman–Crippen MR) is 152 cm³/mol. The van der Waals surface area contributed by atoms with E-state index >= 15 is 0 Å².